The molecule has 4 rings (SSSR count). The van der Waals surface area contributed by atoms with E-state index in [-0.39, 0.29) is 24.6 Å². The largest absolute Gasteiger partial charge is 0.394 e. The molecule has 3 amide bonds. The lowest BCUT2D eigenvalue weighted by molar-refractivity contribution is 0.102. The first kappa shape index (κ1) is 19.7. The van der Waals surface area contributed by atoms with E-state index in [4.69, 9.17) is 0 Å². The van der Waals surface area contributed by atoms with Gasteiger partial charge in [0.25, 0.3) is 5.91 Å². The molecule has 0 saturated carbocycles. The Morgan fingerprint density at radius 2 is 1.53 bits per heavy atom. The van der Waals surface area contributed by atoms with Gasteiger partial charge >= 0.3 is 6.03 Å². The minimum absolute atomic E-state index is 0.136. The average Bonchev–Trinajstić information content (AvgIpc) is 2.79. The molecule has 0 radical (unpaired) electrons. The molecule has 1 atom stereocenters. The number of benzene rings is 3. The number of urea groups is 1. The summed E-state index contributed by atoms with van der Waals surface area (Å²) in [6, 6.07) is 23.2. The third-order valence-corrected chi connectivity index (χ3v) is 5.28. The maximum atomic E-state index is 12.8. The first-order valence-corrected chi connectivity index (χ1v) is 9.88. The lowest BCUT2D eigenvalue weighted by Crippen LogP contribution is -2.43. The molecule has 3 aromatic rings. The Morgan fingerprint density at radius 3 is 2.27 bits per heavy atom. The summed E-state index contributed by atoms with van der Waals surface area (Å²) in [5, 5.41) is 15.6. The Balaban J connectivity index is 1.42. The number of aliphatic hydroxyl groups is 1. The molecule has 1 aliphatic rings. The second-order valence-corrected chi connectivity index (χ2v) is 7.17. The smallest absolute Gasteiger partial charge is 0.322 e. The van der Waals surface area contributed by atoms with Crippen molar-refractivity contribution in [2.45, 2.75) is 12.5 Å². The summed E-state index contributed by atoms with van der Waals surface area (Å²) in [5.41, 5.74) is 3.95. The number of carbonyl (C=O) groups is 2. The van der Waals surface area contributed by atoms with Crippen molar-refractivity contribution in [3.05, 3.63) is 95.6 Å². The van der Waals surface area contributed by atoms with Gasteiger partial charge < -0.3 is 20.6 Å². The standard InChI is InChI=1S/C24H23N3O3/c28-16-22-21-9-5-4-6-17(21)14-15-27(22)24(30)26-20-12-10-18(11-13-20)23(29)25-19-7-2-1-3-8-19/h1-13,22,28H,14-16H2,(H,25,29)(H,26,30)/t22-/m1/s1. The first-order valence-electron chi connectivity index (χ1n) is 9.88. The minimum atomic E-state index is -0.370. The van der Waals surface area contributed by atoms with Crippen molar-refractivity contribution in [3.8, 4) is 0 Å². The van der Waals surface area contributed by atoms with Crippen LogP contribution in [0.15, 0.2) is 78.9 Å². The van der Waals surface area contributed by atoms with E-state index in [1.165, 1.54) is 0 Å². The number of nitrogens with zero attached hydrogens (tertiary/aromatic N) is 1. The molecular weight excluding hydrogens is 378 g/mol. The first-order chi connectivity index (χ1) is 14.7. The summed E-state index contributed by atoms with van der Waals surface area (Å²) >= 11 is 0. The fourth-order valence-electron chi connectivity index (χ4n) is 3.72. The summed E-state index contributed by atoms with van der Waals surface area (Å²) < 4.78 is 0. The number of carbonyl (C=O) groups excluding carboxylic acids is 2. The second kappa shape index (κ2) is 8.80. The van der Waals surface area contributed by atoms with Gasteiger partial charge in [0.1, 0.15) is 0 Å². The van der Waals surface area contributed by atoms with E-state index in [0.717, 1.165) is 23.2 Å². The van der Waals surface area contributed by atoms with E-state index >= 15 is 0 Å². The molecule has 0 aromatic heterocycles. The molecule has 30 heavy (non-hydrogen) atoms. The normalized spacial score (nSPS) is 15.2. The van der Waals surface area contributed by atoms with Crippen LogP contribution in [-0.2, 0) is 6.42 Å². The summed E-state index contributed by atoms with van der Waals surface area (Å²) in [6.07, 6.45) is 0.749. The van der Waals surface area contributed by atoms with Gasteiger partial charge in [-0.3, -0.25) is 4.79 Å². The zero-order valence-electron chi connectivity index (χ0n) is 16.4. The Hall–Kier alpha value is -3.64. The molecule has 152 valence electrons. The average molecular weight is 401 g/mol. The number of anilines is 2. The van der Waals surface area contributed by atoms with Crippen molar-refractivity contribution in [2.24, 2.45) is 0 Å². The van der Waals surface area contributed by atoms with Gasteiger partial charge in [0, 0.05) is 23.5 Å². The quantitative estimate of drug-likeness (QED) is 0.617. The van der Waals surface area contributed by atoms with Gasteiger partial charge in [-0.15, -0.1) is 0 Å². The van der Waals surface area contributed by atoms with E-state index in [1.54, 1.807) is 29.2 Å². The molecule has 0 aliphatic carbocycles. The molecule has 3 aromatic carbocycles. The maximum absolute atomic E-state index is 12.8. The van der Waals surface area contributed by atoms with Crippen LogP contribution in [0.4, 0.5) is 16.2 Å². The Kier molecular flexibility index (Phi) is 5.77. The van der Waals surface area contributed by atoms with E-state index in [0.29, 0.717) is 17.8 Å². The fraction of sp³-hybridized carbons (Fsp3) is 0.167. The highest BCUT2D eigenvalue weighted by Crippen LogP contribution is 2.29. The molecule has 0 spiro atoms. The number of nitrogens with one attached hydrogen (secondary N) is 2. The second-order valence-electron chi connectivity index (χ2n) is 7.17. The molecule has 1 aliphatic heterocycles. The third kappa shape index (κ3) is 4.18. The molecular formula is C24H23N3O3. The summed E-state index contributed by atoms with van der Waals surface area (Å²) in [5.74, 6) is -0.216. The monoisotopic (exact) mass is 401 g/mol. The summed E-state index contributed by atoms with van der Waals surface area (Å²) in [6.45, 7) is 0.397. The van der Waals surface area contributed by atoms with Gasteiger partial charge in [-0.2, -0.15) is 0 Å². The minimum Gasteiger partial charge on any atom is -0.394 e. The lowest BCUT2D eigenvalue weighted by atomic mass is 9.93. The summed E-state index contributed by atoms with van der Waals surface area (Å²) in [4.78, 5) is 26.8. The van der Waals surface area contributed by atoms with Crippen molar-refractivity contribution < 1.29 is 14.7 Å². The van der Waals surface area contributed by atoms with E-state index in [2.05, 4.69) is 10.6 Å². The van der Waals surface area contributed by atoms with Crippen LogP contribution in [0.2, 0.25) is 0 Å². The van der Waals surface area contributed by atoms with E-state index in [1.807, 2.05) is 54.6 Å². The molecule has 0 unspecified atom stereocenters. The van der Waals surface area contributed by atoms with Gasteiger partial charge in [0.05, 0.1) is 12.6 Å². The zero-order chi connectivity index (χ0) is 20.9. The lowest BCUT2D eigenvalue weighted by Gasteiger charge is -2.36. The van der Waals surface area contributed by atoms with Crippen LogP contribution in [0.3, 0.4) is 0 Å². The number of para-hydroxylation sites is 1. The molecule has 0 bridgehead atoms. The zero-order valence-corrected chi connectivity index (χ0v) is 16.4. The highest BCUT2D eigenvalue weighted by molar-refractivity contribution is 6.04. The number of rotatable bonds is 4. The number of amides is 3. The van der Waals surface area contributed by atoms with Gasteiger partial charge in [-0.1, -0.05) is 42.5 Å². The predicted molar refractivity (Wildman–Crippen MR) is 117 cm³/mol. The third-order valence-electron chi connectivity index (χ3n) is 5.28. The van der Waals surface area contributed by atoms with Crippen LogP contribution >= 0.6 is 0 Å². The molecule has 1 heterocycles. The van der Waals surface area contributed by atoms with E-state index in [9.17, 15) is 14.7 Å². The predicted octanol–water partition coefficient (Wildman–Crippen LogP) is 4.06. The van der Waals surface area contributed by atoms with Gasteiger partial charge in [0.2, 0.25) is 0 Å². The SMILES string of the molecule is O=C(Nc1ccccc1)c1ccc(NC(=O)N2CCc3ccccc3[C@H]2CO)cc1. The van der Waals surface area contributed by atoms with Gasteiger partial charge in [0.15, 0.2) is 0 Å². The van der Waals surface area contributed by atoms with Crippen molar-refractivity contribution in [1.82, 2.24) is 4.90 Å². The highest BCUT2D eigenvalue weighted by Gasteiger charge is 2.30. The highest BCUT2D eigenvalue weighted by atomic mass is 16.3. The summed E-state index contributed by atoms with van der Waals surface area (Å²) in [7, 11) is 0. The number of fused-ring (bicyclic) bond motifs is 1. The molecule has 6 nitrogen and oxygen atoms in total. The topological polar surface area (TPSA) is 81.7 Å². The molecule has 0 saturated heterocycles. The number of aliphatic hydroxyl groups excluding tert-OH is 1. The number of hydrogen-bond donors (Lipinski definition) is 3. The Bertz CT molecular complexity index is 1040. The van der Waals surface area contributed by atoms with Crippen LogP contribution in [0, 0.1) is 0 Å². The van der Waals surface area contributed by atoms with Crippen molar-refractivity contribution in [1.29, 1.82) is 0 Å². The van der Waals surface area contributed by atoms with Gasteiger partial charge in [-0.25, -0.2) is 4.79 Å². The maximum Gasteiger partial charge on any atom is 0.322 e. The van der Waals surface area contributed by atoms with Crippen LogP contribution < -0.4 is 10.6 Å². The van der Waals surface area contributed by atoms with Crippen LogP contribution in [0.1, 0.15) is 27.5 Å². The fourth-order valence-corrected chi connectivity index (χ4v) is 3.72. The van der Waals surface area contributed by atoms with Crippen LogP contribution in [-0.4, -0.2) is 35.1 Å². The van der Waals surface area contributed by atoms with Crippen molar-refractivity contribution in [3.63, 3.8) is 0 Å². The van der Waals surface area contributed by atoms with Crippen LogP contribution in [0.25, 0.3) is 0 Å². The molecule has 6 heteroatoms. The van der Waals surface area contributed by atoms with Crippen LogP contribution in [0.5, 0.6) is 0 Å². The molecule has 0 fully saturated rings. The molecule has 3 N–H and O–H groups in total. The van der Waals surface area contributed by atoms with Gasteiger partial charge in [-0.05, 0) is 53.9 Å². The number of hydrogen-bond acceptors (Lipinski definition) is 3. The Morgan fingerprint density at radius 1 is 0.867 bits per heavy atom. The van der Waals surface area contributed by atoms with Crippen molar-refractivity contribution >= 4 is 23.3 Å². The van der Waals surface area contributed by atoms with E-state index < -0.39 is 0 Å². The van der Waals surface area contributed by atoms with Crippen molar-refractivity contribution in [2.75, 3.05) is 23.8 Å². The Labute approximate surface area is 175 Å².